The lowest BCUT2D eigenvalue weighted by molar-refractivity contribution is -0.673. The van der Waals surface area contributed by atoms with Crippen molar-refractivity contribution in [1.29, 1.82) is 0 Å². The molecule has 0 spiro atoms. The van der Waals surface area contributed by atoms with Gasteiger partial charge in [-0.2, -0.15) is 0 Å². The fourth-order valence-corrected chi connectivity index (χ4v) is 5.39. The summed E-state index contributed by atoms with van der Waals surface area (Å²) >= 11 is 0. The molecule has 0 aliphatic rings. The third kappa shape index (κ3) is 9.25. The second kappa shape index (κ2) is 14.9. The maximum Gasteiger partial charge on any atom is 0.235 e. The van der Waals surface area contributed by atoms with E-state index < -0.39 is 0 Å². The van der Waals surface area contributed by atoms with E-state index in [-0.39, 0.29) is 23.3 Å². The first kappa shape index (κ1) is 28.9. The molecule has 0 radical (unpaired) electrons. The van der Waals surface area contributed by atoms with Gasteiger partial charge < -0.3 is 10.6 Å². The van der Waals surface area contributed by atoms with E-state index in [2.05, 4.69) is 22.8 Å². The highest BCUT2D eigenvalue weighted by Crippen LogP contribution is 2.22. The van der Waals surface area contributed by atoms with Crippen LogP contribution in [0.1, 0.15) is 22.5 Å². The first-order valence-corrected chi connectivity index (χ1v) is 15.2. The van der Waals surface area contributed by atoms with Gasteiger partial charge in [-0.25, -0.2) is 9.13 Å². The number of hydrogen-bond donors (Lipinski definition) is 2. The normalized spacial score (nSPS) is 11.2. The Morgan fingerprint density at radius 2 is 1.00 bits per heavy atom. The van der Waals surface area contributed by atoms with E-state index >= 15 is 0 Å². The maximum atomic E-state index is 12.3. The molecule has 4 rings (SSSR count). The van der Waals surface area contributed by atoms with Crippen molar-refractivity contribution in [2.24, 2.45) is 14.1 Å². The summed E-state index contributed by atoms with van der Waals surface area (Å²) in [5.74, 6) is 0.296. The average molecular weight is 569 g/mol. The van der Waals surface area contributed by atoms with Crippen LogP contribution in [0, 0.1) is 0 Å². The second-order valence-corrected chi connectivity index (χ2v) is 11.5. The third-order valence-electron chi connectivity index (χ3n) is 5.94. The number of anilines is 2. The van der Waals surface area contributed by atoms with E-state index in [1.807, 2.05) is 133 Å². The highest BCUT2D eigenvalue weighted by molar-refractivity contribution is 8.77. The van der Waals surface area contributed by atoms with Crippen LogP contribution in [-0.2, 0) is 23.7 Å². The third-order valence-corrected chi connectivity index (χ3v) is 8.07. The number of carbonyl (C=O) groups is 2. The van der Waals surface area contributed by atoms with Crippen molar-refractivity contribution in [3.05, 3.63) is 120 Å². The van der Waals surface area contributed by atoms with Gasteiger partial charge in [-0.05, 0) is 59.7 Å². The molecule has 0 fully saturated rings. The molecule has 6 nitrogen and oxygen atoms in total. The number of aryl methyl sites for hydroxylation is 2. The first-order valence-electron chi connectivity index (χ1n) is 12.8. The van der Waals surface area contributed by atoms with Gasteiger partial charge in [-0.1, -0.05) is 45.9 Å². The molecule has 0 bridgehead atoms. The van der Waals surface area contributed by atoms with Crippen LogP contribution in [0.3, 0.4) is 0 Å². The fourth-order valence-electron chi connectivity index (χ4n) is 3.72. The number of hydrogen-bond acceptors (Lipinski definition) is 4. The summed E-state index contributed by atoms with van der Waals surface area (Å²) in [6.07, 6.45) is 12.2. The summed E-state index contributed by atoms with van der Waals surface area (Å²) in [5.41, 5.74) is 5.78. The number of amides is 2. The number of nitrogens with one attached hydrogen (secondary N) is 2. The van der Waals surface area contributed by atoms with Gasteiger partial charge in [0.2, 0.25) is 23.2 Å². The van der Waals surface area contributed by atoms with Crippen LogP contribution in [0.2, 0.25) is 0 Å². The molecule has 2 heterocycles. The van der Waals surface area contributed by atoms with Crippen molar-refractivity contribution >= 4 is 69.1 Å². The molecule has 2 amide bonds. The smallest absolute Gasteiger partial charge is 0.235 e. The fraction of sp³-hybridized carbons (Fsp3) is 0.125. The number of aromatic nitrogens is 2. The predicted molar refractivity (Wildman–Crippen MR) is 168 cm³/mol. The van der Waals surface area contributed by atoms with Gasteiger partial charge in [0.1, 0.15) is 14.1 Å². The Morgan fingerprint density at radius 1 is 0.600 bits per heavy atom. The summed E-state index contributed by atoms with van der Waals surface area (Å²) in [6, 6.07) is 27.5. The predicted octanol–water partition coefficient (Wildman–Crippen LogP) is 5.64. The molecule has 0 aliphatic carbocycles. The molecule has 0 saturated heterocycles. The molecule has 8 heteroatoms. The van der Waals surface area contributed by atoms with Crippen molar-refractivity contribution < 1.29 is 18.7 Å². The quantitative estimate of drug-likeness (QED) is 0.140. The Hall–Kier alpha value is -4.14. The van der Waals surface area contributed by atoms with Gasteiger partial charge in [0.15, 0.2) is 12.4 Å². The van der Waals surface area contributed by atoms with Crippen LogP contribution >= 0.6 is 21.6 Å². The molecule has 0 saturated carbocycles. The zero-order valence-electron chi connectivity index (χ0n) is 22.5. The van der Waals surface area contributed by atoms with Crippen LogP contribution in [0.25, 0.3) is 24.3 Å². The largest absolute Gasteiger partial charge is 0.325 e. The van der Waals surface area contributed by atoms with Crippen molar-refractivity contribution in [3.8, 4) is 0 Å². The topological polar surface area (TPSA) is 66.0 Å². The molecule has 2 aromatic heterocycles. The second-order valence-electron chi connectivity index (χ2n) is 9.00. The lowest BCUT2D eigenvalue weighted by Crippen LogP contribution is -2.30. The molecule has 2 aromatic carbocycles. The number of rotatable bonds is 11. The summed E-state index contributed by atoms with van der Waals surface area (Å²) in [6.45, 7) is 0. The van der Waals surface area contributed by atoms with Crippen molar-refractivity contribution in [2.75, 3.05) is 22.1 Å². The Kier molecular flexibility index (Phi) is 10.7. The molecular weight excluding hydrogens is 537 g/mol. The van der Waals surface area contributed by atoms with E-state index in [9.17, 15) is 9.59 Å². The standard InChI is InChI=1S/C32H30N4O2S2/c1-35-21-5-3-7-29(35)19-13-25-9-15-27(16-10-25)33-31(37)23-39-40-24-32(38)34-28-17-11-26(12-18-28)14-20-30-8-4-6-22-36(30)2/h3-22H,23-24H2,1-2H3/p+2. The molecule has 4 aromatic rings. The zero-order valence-corrected chi connectivity index (χ0v) is 24.1. The van der Waals surface area contributed by atoms with Crippen molar-refractivity contribution in [1.82, 2.24) is 0 Å². The van der Waals surface area contributed by atoms with E-state index in [4.69, 9.17) is 0 Å². The van der Waals surface area contributed by atoms with Crippen LogP contribution < -0.4 is 19.8 Å². The van der Waals surface area contributed by atoms with Gasteiger partial charge in [-0.15, -0.1) is 0 Å². The van der Waals surface area contributed by atoms with Crippen LogP contribution in [0.5, 0.6) is 0 Å². The van der Waals surface area contributed by atoms with Gasteiger partial charge in [-0.3, -0.25) is 9.59 Å². The van der Waals surface area contributed by atoms with Gasteiger partial charge in [0.25, 0.3) is 0 Å². The Bertz CT molecular complexity index is 1390. The van der Waals surface area contributed by atoms with E-state index in [0.29, 0.717) is 0 Å². The van der Waals surface area contributed by atoms with Gasteiger partial charge in [0, 0.05) is 47.8 Å². The number of benzene rings is 2. The van der Waals surface area contributed by atoms with Gasteiger partial charge in [0.05, 0.1) is 11.5 Å². The van der Waals surface area contributed by atoms with Crippen molar-refractivity contribution in [3.63, 3.8) is 0 Å². The Balaban J connectivity index is 1.14. The zero-order chi connectivity index (χ0) is 28.2. The van der Waals surface area contributed by atoms with Crippen LogP contribution in [-0.4, -0.2) is 23.3 Å². The molecule has 40 heavy (non-hydrogen) atoms. The molecule has 202 valence electrons. The van der Waals surface area contributed by atoms with E-state index in [1.165, 1.54) is 21.6 Å². The minimum Gasteiger partial charge on any atom is -0.325 e. The molecular formula is C32H32N4O2S2+2. The summed E-state index contributed by atoms with van der Waals surface area (Å²) in [5, 5.41) is 5.80. The average Bonchev–Trinajstić information content (AvgIpc) is 2.96. The molecule has 0 unspecified atom stereocenters. The lowest BCUT2D eigenvalue weighted by atomic mass is 10.1. The maximum absolute atomic E-state index is 12.3. The summed E-state index contributed by atoms with van der Waals surface area (Å²) in [4.78, 5) is 24.6. The first-order chi connectivity index (χ1) is 19.5. The minimum absolute atomic E-state index is 0.106. The summed E-state index contributed by atoms with van der Waals surface area (Å²) < 4.78 is 4.10. The number of pyridine rings is 2. The number of carbonyl (C=O) groups excluding carboxylic acids is 2. The SMILES string of the molecule is C[n+]1ccccc1/C=C/c1ccc(NC(=O)CSSCC(=O)Nc2ccc(/C=C/c3cccc[n+]3C)cc2)cc1. The minimum atomic E-state index is -0.106. The van der Waals surface area contributed by atoms with Crippen LogP contribution in [0.15, 0.2) is 97.3 Å². The van der Waals surface area contributed by atoms with E-state index in [1.54, 1.807) is 0 Å². The Labute approximate surface area is 243 Å². The highest BCUT2D eigenvalue weighted by Gasteiger charge is 2.07. The monoisotopic (exact) mass is 568 g/mol. The Morgan fingerprint density at radius 3 is 1.38 bits per heavy atom. The molecule has 0 aliphatic heterocycles. The van der Waals surface area contributed by atoms with Crippen molar-refractivity contribution in [2.45, 2.75) is 0 Å². The molecule has 2 N–H and O–H groups in total. The van der Waals surface area contributed by atoms with E-state index in [0.717, 1.165) is 33.9 Å². The van der Waals surface area contributed by atoms with Crippen LogP contribution in [0.4, 0.5) is 11.4 Å². The molecule has 0 atom stereocenters. The lowest BCUT2D eigenvalue weighted by Gasteiger charge is -2.06. The highest BCUT2D eigenvalue weighted by atomic mass is 33.1. The van der Waals surface area contributed by atoms with Gasteiger partial charge >= 0.3 is 0 Å². The number of nitrogens with zero attached hydrogens (tertiary/aromatic N) is 2. The summed E-state index contributed by atoms with van der Waals surface area (Å²) in [7, 11) is 6.73.